The third kappa shape index (κ3) is 5.67. The van der Waals surface area contributed by atoms with Crippen LogP contribution in [0.4, 0.5) is 15.8 Å². The Morgan fingerprint density at radius 2 is 1.84 bits per heavy atom. The van der Waals surface area contributed by atoms with Crippen molar-refractivity contribution in [1.29, 1.82) is 0 Å². The average Bonchev–Trinajstić information content (AvgIpc) is 2.79. The van der Waals surface area contributed by atoms with Crippen LogP contribution in [0.25, 0.3) is 0 Å². The van der Waals surface area contributed by atoms with E-state index < -0.39 is 0 Å². The van der Waals surface area contributed by atoms with Crippen LogP contribution < -0.4 is 15.0 Å². The number of hydrogen-bond acceptors (Lipinski definition) is 4. The van der Waals surface area contributed by atoms with E-state index in [0.717, 1.165) is 34.5 Å². The van der Waals surface area contributed by atoms with Gasteiger partial charge in [0.05, 0.1) is 28.9 Å². The highest BCUT2D eigenvalue weighted by Crippen LogP contribution is 2.31. The maximum atomic E-state index is 14.1. The van der Waals surface area contributed by atoms with Gasteiger partial charge in [-0.25, -0.2) is 4.39 Å². The van der Waals surface area contributed by atoms with Gasteiger partial charge in [0.2, 0.25) is 0 Å². The number of morpholine rings is 1. The van der Waals surface area contributed by atoms with Gasteiger partial charge in [-0.3, -0.25) is 0 Å². The lowest BCUT2D eigenvalue weighted by atomic mass is 10.1. The Morgan fingerprint density at radius 1 is 1.03 bits per heavy atom. The van der Waals surface area contributed by atoms with Crippen LogP contribution in [0, 0.1) is 5.82 Å². The van der Waals surface area contributed by atoms with E-state index in [4.69, 9.17) is 32.7 Å². The standard InChI is InChI=1S/C24H22BrCl2FN2O2/c25-17-4-7-24(32-15-19-20(26)2-1-3-22(19)28)16(12-17)14-29-18-5-6-23(21(27)13-18)30-8-10-31-11-9-30/h1-7,12-13,29H,8-11,14-15H2. The minimum atomic E-state index is -0.385. The zero-order valence-corrected chi connectivity index (χ0v) is 20.3. The van der Waals surface area contributed by atoms with Crippen LogP contribution in [0.1, 0.15) is 11.1 Å². The molecule has 1 fully saturated rings. The van der Waals surface area contributed by atoms with Crippen molar-refractivity contribution in [3.8, 4) is 5.75 Å². The molecule has 0 aromatic heterocycles. The zero-order valence-electron chi connectivity index (χ0n) is 17.2. The summed E-state index contributed by atoms with van der Waals surface area (Å²) in [5.41, 5.74) is 3.16. The quantitative estimate of drug-likeness (QED) is 0.353. The molecule has 4 rings (SSSR count). The number of hydrogen-bond donors (Lipinski definition) is 1. The molecule has 32 heavy (non-hydrogen) atoms. The fraction of sp³-hybridized carbons (Fsp3) is 0.250. The predicted molar refractivity (Wildman–Crippen MR) is 132 cm³/mol. The summed E-state index contributed by atoms with van der Waals surface area (Å²) in [5, 5.41) is 4.43. The second kappa shape index (κ2) is 10.8. The molecule has 0 spiro atoms. The summed E-state index contributed by atoms with van der Waals surface area (Å²) >= 11 is 16.2. The smallest absolute Gasteiger partial charge is 0.131 e. The highest BCUT2D eigenvalue weighted by atomic mass is 79.9. The Bertz CT molecular complexity index is 1070. The van der Waals surface area contributed by atoms with Crippen LogP contribution in [0.5, 0.6) is 5.75 Å². The Hall–Kier alpha value is -1.99. The lowest BCUT2D eigenvalue weighted by molar-refractivity contribution is 0.122. The molecule has 0 amide bonds. The normalized spacial score (nSPS) is 13.8. The van der Waals surface area contributed by atoms with E-state index >= 15 is 0 Å². The van der Waals surface area contributed by atoms with Crippen LogP contribution in [-0.4, -0.2) is 26.3 Å². The van der Waals surface area contributed by atoms with Crippen molar-refractivity contribution in [2.45, 2.75) is 13.2 Å². The van der Waals surface area contributed by atoms with E-state index in [1.165, 1.54) is 6.07 Å². The molecule has 3 aromatic rings. The van der Waals surface area contributed by atoms with Crippen molar-refractivity contribution in [3.63, 3.8) is 0 Å². The topological polar surface area (TPSA) is 33.7 Å². The largest absolute Gasteiger partial charge is 0.488 e. The Kier molecular flexibility index (Phi) is 7.79. The first-order chi connectivity index (χ1) is 15.5. The van der Waals surface area contributed by atoms with E-state index in [1.54, 1.807) is 12.1 Å². The number of nitrogens with one attached hydrogen (secondary N) is 1. The lowest BCUT2D eigenvalue weighted by Crippen LogP contribution is -2.36. The summed E-state index contributed by atoms with van der Waals surface area (Å²) in [6.45, 7) is 3.63. The number of halogens is 4. The van der Waals surface area contributed by atoms with Gasteiger partial charge < -0.3 is 19.7 Å². The molecule has 1 saturated heterocycles. The molecular weight excluding hydrogens is 518 g/mol. The van der Waals surface area contributed by atoms with Crippen molar-refractivity contribution < 1.29 is 13.9 Å². The minimum Gasteiger partial charge on any atom is -0.488 e. The van der Waals surface area contributed by atoms with Crippen LogP contribution in [0.2, 0.25) is 10.0 Å². The van der Waals surface area contributed by atoms with E-state index in [9.17, 15) is 4.39 Å². The molecule has 3 aromatic carbocycles. The number of nitrogens with zero attached hydrogens (tertiary/aromatic N) is 1. The maximum absolute atomic E-state index is 14.1. The highest BCUT2D eigenvalue weighted by Gasteiger charge is 2.15. The molecule has 1 heterocycles. The van der Waals surface area contributed by atoms with Crippen molar-refractivity contribution in [2.75, 3.05) is 36.5 Å². The van der Waals surface area contributed by atoms with Crippen molar-refractivity contribution >= 4 is 50.5 Å². The van der Waals surface area contributed by atoms with Crippen LogP contribution in [0.15, 0.2) is 59.1 Å². The monoisotopic (exact) mass is 538 g/mol. The summed E-state index contributed by atoms with van der Waals surface area (Å²) in [4.78, 5) is 2.23. The molecule has 1 aliphatic heterocycles. The van der Waals surface area contributed by atoms with Crippen LogP contribution in [-0.2, 0) is 17.9 Å². The molecule has 1 aliphatic rings. The van der Waals surface area contributed by atoms with Crippen molar-refractivity contribution in [2.24, 2.45) is 0 Å². The Labute approximate surface area is 205 Å². The molecule has 0 saturated carbocycles. The second-order valence-corrected chi connectivity index (χ2v) is 9.09. The Balaban J connectivity index is 1.45. The van der Waals surface area contributed by atoms with Gasteiger partial charge in [0, 0.05) is 40.9 Å². The van der Waals surface area contributed by atoms with Gasteiger partial charge in [0.15, 0.2) is 0 Å². The minimum absolute atomic E-state index is 0.0419. The number of anilines is 2. The van der Waals surface area contributed by atoms with E-state index in [-0.39, 0.29) is 12.4 Å². The molecule has 168 valence electrons. The summed E-state index contributed by atoms with van der Waals surface area (Å²) in [5.74, 6) is 0.264. The Morgan fingerprint density at radius 3 is 2.59 bits per heavy atom. The highest BCUT2D eigenvalue weighted by molar-refractivity contribution is 9.10. The first kappa shape index (κ1) is 23.2. The first-order valence-corrected chi connectivity index (χ1v) is 11.8. The fourth-order valence-corrected chi connectivity index (χ4v) is 4.45. The molecule has 1 N–H and O–H groups in total. The average molecular weight is 540 g/mol. The summed E-state index contributed by atoms with van der Waals surface area (Å²) in [7, 11) is 0. The number of ether oxygens (including phenoxy) is 2. The van der Waals surface area contributed by atoms with Gasteiger partial charge in [-0.15, -0.1) is 0 Å². The number of rotatable bonds is 7. The van der Waals surface area contributed by atoms with E-state index in [1.807, 2.05) is 36.4 Å². The molecule has 0 aliphatic carbocycles. The number of benzene rings is 3. The molecule has 0 atom stereocenters. The summed E-state index contributed by atoms with van der Waals surface area (Å²) in [6.07, 6.45) is 0. The SMILES string of the molecule is Fc1cccc(Cl)c1COc1ccc(Br)cc1CNc1ccc(N2CCOCC2)c(Cl)c1. The zero-order chi connectivity index (χ0) is 22.5. The van der Waals surface area contributed by atoms with Gasteiger partial charge in [-0.05, 0) is 48.5 Å². The van der Waals surface area contributed by atoms with Crippen LogP contribution >= 0.6 is 39.1 Å². The third-order valence-corrected chi connectivity index (χ3v) is 6.39. The molecular formula is C24H22BrCl2FN2O2. The lowest BCUT2D eigenvalue weighted by Gasteiger charge is -2.29. The fourth-order valence-electron chi connectivity index (χ4n) is 3.52. The van der Waals surface area contributed by atoms with Gasteiger partial charge >= 0.3 is 0 Å². The van der Waals surface area contributed by atoms with E-state index in [0.29, 0.717) is 41.1 Å². The van der Waals surface area contributed by atoms with Gasteiger partial charge in [0.1, 0.15) is 18.2 Å². The molecule has 0 unspecified atom stereocenters. The second-order valence-electron chi connectivity index (χ2n) is 7.36. The predicted octanol–water partition coefficient (Wildman–Crippen LogP) is 6.92. The molecule has 0 bridgehead atoms. The summed E-state index contributed by atoms with van der Waals surface area (Å²) in [6, 6.07) is 16.3. The third-order valence-electron chi connectivity index (χ3n) is 5.24. The van der Waals surface area contributed by atoms with Gasteiger partial charge in [-0.1, -0.05) is 45.2 Å². The van der Waals surface area contributed by atoms with Crippen molar-refractivity contribution in [3.05, 3.63) is 86.1 Å². The molecule has 0 radical (unpaired) electrons. The summed E-state index contributed by atoms with van der Waals surface area (Å²) < 4.78 is 26.3. The first-order valence-electron chi connectivity index (χ1n) is 10.2. The van der Waals surface area contributed by atoms with Crippen LogP contribution in [0.3, 0.4) is 0 Å². The van der Waals surface area contributed by atoms with Gasteiger partial charge in [0.25, 0.3) is 0 Å². The van der Waals surface area contributed by atoms with Gasteiger partial charge in [-0.2, -0.15) is 0 Å². The molecule has 4 nitrogen and oxygen atoms in total. The molecule has 8 heteroatoms. The van der Waals surface area contributed by atoms with Crippen molar-refractivity contribution in [1.82, 2.24) is 0 Å². The van der Waals surface area contributed by atoms with E-state index in [2.05, 4.69) is 26.1 Å². The maximum Gasteiger partial charge on any atom is 0.131 e.